The predicted octanol–water partition coefficient (Wildman–Crippen LogP) is 3.53. The van der Waals surface area contributed by atoms with Gasteiger partial charge in [-0.05, 0) is 62.1 Å². The highest BCUT2D eigenvalue weighted by molar-refractivity contribution is 5.91. The standard InChI is InChI=1S/C19H22N4O.ClH.H2O/c1-13-20-17-12-16(14-6-8-15(24-2)9-7-14)22-18(17)19(21-13)23-10-4-3-5-11-23;;/h6-9,12,22H,3-5,10-11H2,1-2H3;1H;1H2. The molecular weight excluding hydrogens is 352 g/mol. The van der Waals surface area contributed by atoms with Gasteiger partial charge in [0.15, 0.2) is 5.82 Å². The van der Waals surface area contributed by atoms with Crippen molar-refractivity contribution in [2.75, 3.05) is 25.1 Å². The van der Waals surface area contributed by atoms with Crippen molar-refractivity contribution >= 4 is 29.3 Å². The summed E-state index contributed by atoms with van der Waals surface area (Å²) in [4.78, 5) is 15.3. The lowest BCUT2D eigenvalue weighted by Gasteiger charge is -2.28. The van der Waals surface area contributed by atoms with E-state index in [0.29, 0.717) is 0 Å². The van der Waals surface area contributed by atoms with Gasteiger partial charge in [0.25, 0.3) is 0 Å². The van der Waals surface area contributed by atoms with Gasteiger partial charge in [-0.3, -0.25) is 0 Å². The van der Waals surface area contributed by atoms with Crippen LogP contribution in [0.2, 0.25) is 0 Å². The van der Waals surface area contributed by atoms with Gasteiger partial charge < -0.3 is 20.1 Å². The Kier molecular flexibility index (Phi) is 6.45. The number of fused-ring (bicyclic) bond motifs is 1. The van der Waals surface area contributed by atoms with Crippen LogP contribution in [-0.2, 0) is 0 Å². The molecular formula is C19H25ClN4O2. The Hall–Kier alpha value is -2.31. The first-order valence-corrected chi connectivity index (χ1v) is 8.51. The lowest BCUT2D eigenvalue weighted by atomic mass is 10.1. The maximum atomic E-state index is 5.24. The minimum absolute atomic E-state index is 0. The molecule has 1 aromatic carbocycles. The Morgan fingerprint density at radius 1 is 1.04 bits per heavy atom. The van der Waals surface area contributed by atoms with Crippen molar-refractivity contribution in [2.24, 2.45) is 0 Å². The Balaban J connectivity index is 0.00000121. The van der Waals surface area contributed by atoms with Crippen LogP contribution in [-0.4, -0.2) is 40.6 Å². The number of aromatic amines is 1. The van der Waals surface area contributed by atoms with Gasteiger partial charge in [-0.1, -0.05) is 0 Å². The summed E-state index contributed by atoms with van der Waals surface area (Å²) in [6.07, 6.45) is 3.78. The molecule has 4 rings (SSSR count). The Morgan fingerprint density at radius 3 is 2.38 bits per heavy atom. The summed E-state index contributed by atoms with van der Waals surface area (Å²) < 4.78 is 5.24. The quantitative estimate of drug-likeness (QED) is 0.757. The van der Waals surface area contributed by atoms with Gasteiger partial charge in [0, 0.05) is 18.8 Å². The second kappa shape index (κ2) is 8.38. The molecule has 0 spiro atoms. The minimum atomic E-state index is 0. The molecule has 0 aliphatic carbocycles. The van der Waals surface area contributed by atoms with E-state index in [1.165, 1.54) is 19.3 Å². The molecule has 3 N–H and O–H groups in total. The number of benzene rings is 1. The molecule has 140 valence electrons. The van der Waals surface area contributed by atoms with Gasteiger partial charge >= 0.3 is 0 Å². The molecule has 0 atom stereocenters. The topological polar surface area (TPSA) is 85.5 Å². The van der Waals surface area contributed by atoms with Gasteiger partial charge in [0.1, 0.15) is 17.1 Å². The number of aryl methyl sites for hydroxylation is 1. The normalized spacial score (nSPS) is 13.8. The number of nitrogens with zero attached hydrogens (tertiary/aromatic N) is 3. The van der Waals surface area contributed by atoms with Gasteiger partial charge in [-0.25, -0.2) is 9.97 Å². The molecule has 7 heteroatoms. The molecule has 3 aromatic rings. The number of rotatable bonds is 3. The second-order valence-electron chi connectivity index (χ2n) is 6.31. The van der Waals surface area contributed by atoms with Crippen LogP contribution in [0.1, 0.15) is 25.1 Å². The van der Waals surface area contributed by atoms with Gasteiger partial charge in [0.2, 0.25) is 0 Å². The first-order valence-electron chi connectivity index (χ1n) is 8.51. The SMILES string of the molecule is COc1ccc(-c2cc3nc(C)nc(N4CCCCC4)c3[nH]2)cc1.Cl.O. The van der Waals surface area contributed by atoms with E-state index in [1.54, 1.807) is 7.11 Å². The zero-order valence-corrected chi connectivity index (χ0v) is 15.9. The zero-order chi connectivity index (χ0) is 16.5. The van der Waals surface area contributed by atoms with Crippen molar-refractivity contribution in [2.45, 2.75) is 26.2 Å². The van der Waals surface area contributed by atoms with Crippen molar-refractivity contribution in [3.63, 3.8) is 0 Å². The summed E-state index contributed by atoms with van der Waals surface area (Å²) in [5.74, 6) is 2.72. The van der Waals surface area contributed by atoms with Crippen LogP contribution in [0.5, 0.6) is 5.75 Å². The van der Waals surface area contributed by atoms with Gasteiger partial charge in [0.05, 0.1) is 12.6 Å². The van der Waals surface area contributed by atoms with Gasteiger partial charge in [-0.2, -0.15) is 0 Å². The summed E-state index contributed by atoms with van der Waals surface area (Å²) in [5, 5.41) is 0. The highest BCUT2D eigenvalue weighted by Crippen LogP contribution is 2.30. The van der Waals surface area contributed by atoms with Crippen LogP contribution in [0.15, 0.2) is 30.3 Å². The molecule has 26 heavy (non-hydrogen) atoms. The Bertz CT molecular complexity index is 858. The number of hydrogen-bond acceptors (Lipinski definition) is 4. The van der Waals surface area contributed by atoms with Crippen LogP contribution in [0.25, 0.3) is 22.3 Å². The van der Waals surface area contributed by atoms with Crippen LogP contribution >= 0.6 is 12.4 Å². The monoisotopic (exact) mass is 376 g/mol. The number of hydrogen-bond donors (Lipinski definition) is 1. The summed E-state index contributed by atoms with van der Waals surface area (Å²) >= 11 is 0. The first-order chi connectivity index (χ1) is 11.7. The molecule has 0 bridgehead atoms. The third-order valence-electron chi connectivity index (χ3n) is 4.63. The zero-order valence-electron chi connectivity index (χ0n) is 15.1. The second-order valence-corrected chi connectivity index (χ2v) is 6.31. The van der Waals surface area contributed by atoms with Crippen LogP contribution in [0.4, 0.5) is 5.82 Å². The molecule has 2 aromatic heterocycles. The smallest absolute Gasteiger partial charge is 0.156 e. The number of ether oxygens (including phenoxy) is 1. The lowest BCUT2D eigenvalue weighted by Crippen LogP contribution is -2.30. The van der Waals surface area contributed by atoms with E-state index in [9.17, 15) is 0 Å². The number of piperidine rings is 1. The third kappa shape index (κ3) is 3.76. The molecule has 1 aliphatic heterocycles. The number of anilines is 1. The first kappa shape index (κ1) is 20.0. The molecule has 0 saturated carbocycles. The largest absolute Gasteiger partial charge is 0.497 e. The van der Waals surface area contributed by atoms with E-state index < -0.39 is 0 Å². The van der Waals surface area contributed by atoms with Crippen LogP contribution in [0.3, 0.4) is 0 Å². The van der Waals surface area contributed by atoms with E-state index in [1.807, 2.05) is 19.1 Å². The summed E-state index contributed by atoms with van der Waals surface area (Å²) in [6.45, 7) is 4.11. The molecule has 1 aliphatic rings. The maximum absolute atomic E-state index is 5.24. The van der Waals surface area contributed by atoms with Crippen molar-refractivity contribution in [1.82, 2.24) is 15.0 Å². The highest BCUT2D eigenvalue weighted by Gasteiger charge is 2.18. The molecule has 0 radical (unpaired) electrons. The van der Waals surface area contributed by atoms with E-state index in [-0.39, 0.29) is 17.9 Å². The van der Waals surface area contributed by atoms with E-state index >= 15 is 0 Å². The fourth-order valence-electron chi connectivity index (χ4n) is 3.37. The van der Waals surface area contributed by atoms with Crippen LogP contribution < -0.4 is 9.64 Å². The Labute approximate surface area is 159 Å². The average Bonchev–Trinajstić information content (AvgIpc) is 3.05. The van der Waals surface area contributed by atoms with E-state index in [2.05, 4.69) is 33.1 Å². The summed E-state index contributed by atoms with van der Waals surface area (Å²) in [7, 11) is 1.68. The summed E-state index contributed by atoms with van der Waals surface area (Å²) in [5.41, 5.74) is 4.20. The predicted molar refractivity (Wildman–Crippen MR) is 108 cm³/mol. The number of methoxy groups -OCH3 is 1. The number of nitrogens with one attached hydrogen (secondary N) is 1. The molecule has 0 amide bonds. The average molecular weight is 377 g/mol. The van der Waals surface area contributed by atoms with E-state index in [0.717, 1.165) is 52.8 Å². The minimum Gasteiger partial charge on any atom is -0.497 e. The Morgan fingerprint density at radius 2 is 1.73 bits per heavy atom. The molecule has 1 fully saturated rings. The van der Waals surface area contributed by atoms with Crippen LogP contribution in [0, 0.1) is 6.92 Å². The van der Waals surface area contributed by atoms with Crippen molar-refractivity contribution in [3.05, 3.63) is 36.2 Å². The molecule has 1 saturated heterocycles. The van der Waals surface area contributed by atoms with Gasteiger partial charge in [-0.15, -0.1) is 12.4 Å². The summed E-state index contributed by atoms with van der Waals surface area (Å²) in [6, 6.07) is 10.2. The molecule has 3 heterocycles. The fourth-order valence-corrected chi connectivity index (χ4v) is 3.37. The highest BCUT2D eigenvalue weighted by atomic mass is 35.5. The molecule has 0 unspecified atom stereocenters. The molecule has 6 nitrogen and oxygen atoms in total. The van der Waals surface area contributed by atoms with Crippen molar-refractivity contribution in [3.8, 4) is 17.0 Å². The maximum Gasteiger partial charge on any atom is 0.156 e. The van der Waals surface area contributed by atoms with Crippen molar-refractivity contribution in [1.29, 1.82) is 0 Å². The van der Waals surface area contributed by atoms with E-state index in [4.69, 9.17) is 9.72 Å². The van der Waals surface area contributed by atoms with Crippen molar-refractivity contribution < 1.29 is 10.2 Å². The number of halogens is 1. The third-order valence-corrected chi connectivity index (χ3v) is 4.63. The number of H-pyrrole nitrogens is 1. The fraction of sp³-hybridized carbons (Fsp3) is 0.368. The lowest BCUT2D eigenvalue weighted by molar-refractivity contribution is 0.415. The number of aromatic nitrogens is 3.